The summed E-state index contributed by atoms with van der Waals surface area (Å²) in [6.45, 7) is 1.21. The molecule has 3 aromatic carbocycles. The highest BCUT2D eigenvalue weighted by Gasteiger charge is 2.26. The molecule has 0 spiro atoms. The van der Waals surface area contributed by atoms with Gasteiger partial charge in [0.25, 0.3) is 0 Å². The number of carbonyl (C=O) groups is 2. The van der Waals surface area contributed by atoms with E-state index in [4.69, 9.17) is 14.2 Å². The summed E-state index contributed by atoms with van der Waals surface area (Å²) in [7, 11) is 0. The zero-order valence-corrected chi connectivity index (χ0v) is 17.9. The summed E-state index contributed by atoms with van der Waals surface area (Å²) in [5.74, 6) is -1.24. The van der Waals surface area contributed by atoms with Gasteiger partial charge in [-0.05, 0) is 23.8 Å². The summed E-state index contributed by atoms with van der Waals surface area (Å²) in [4.78, 5) is 24.3. The van der Waals surface area contributed by atoms with Gasteiger partial charge < -0.3 is 19.5 Å². The van der Waals surface area contributed by atoms with Crippen molar-refractivity contribution in [1.82, 2.24) is 5.32 Å². The number of hydrogen-bond acceptors (Lipinski definition) is 5. The van der Waals surface area contributed by atoms with Crippen LogP contribution in [0.15, 0.2) is 78.5 Å². The van der Waals surface area contributed by atoms with Gasteiger partial charge in [-0.15, -0.1) is 0 Å². The van der Waals surface area contributed by atoms with E-state index >= 15 is 0 Å². The van der Waals surface area contributed by atoms with Crippen LogP contribution in [0.4, 0.5) is 4.39 Å². The van der Waals surface area contributed by atoms with Crippen LogP contribution in [0.25, 0.3) is 6.08 Å². The highest BCUT2D eigenvalue weighted by Crippen LogP contribution is 2.36. The summed E-state index contributed by atoms with van der Waals surface area (Å²) in [5, 5.41) is 2.49. The Morgan fingerprint density at radius 3 is 2.48 bits per heavy atom. The van der Waals surface area contributed by atoms with E-state index in [0.717, 1.165) is 5.56 Å². The first-order valence-electron chi connectivity index (χ1n) is 10.4. The number of rotatable bonds is 6. The second-order valence-electron chi connectivity index (χ2n) is 7.45. The SMILES string of the molecule is CC(=O)N/C(=C\c1ccccc1)C(=O)OCc1cc(F)cc2c1OC(c1ccccc1)OC2. The predicted octanol–water partition coefficient (Wildman–Crippen LogP) is 4.65. The molecule has 0 fully saturated rings. The van der Waals surface area contributed by atoms with Gasteiger partial charge in [0.05, 0.1) is 6.61 Å². The van der Waals surface area contributed by atoms with Crippen LogP contribution in [0.2, 0.25) is 0 Å². The van der Waals surface area contributed by atoms with Crippen LogP contribution < -0.4 is 10.1 Å². The van der Waals surface area contributed by atoms with Crippen molar-refractivity contribution >= 4 is 18.0 Å². The number of benzene rings is 3. The Morgan fingerprint density at radius 2 is 1.79 bits per heavy atom. The molecule has 0 saturated carbocycles. The summed E-state index contributed by atoms with van der Waals surface area (Å²) in [5.41, 5.74) is 2.40. The molecule has 0 bridgehead atoms. The zero-order valence-electron chi connectivity index (χ0n) is 17.9. The van der Waals surface area contributed by atoms with Crippen LogP contribution in [0.3, 0.4) is 0 Å². The van der Waals surface area contributed by atoms with E-state index in [2.05, 4.69) is 5.32 Å². The lowest BCUT2D eigenvalue weighted by molar-refractivity contribution is -0.141. The number of nitrogens with one attached hydrogen (secondary N) is 1. The van der Waals surface area contributed by atoms with Gasteiger partial charge in [-0.25, -0.2) is 9.18 Å². The van der Waals surface area contributed by atoms with Gasteiger partial charge >= 0.3 is 5.97 Å². The molecule has 1 aliphatic rings. The van der Waals surface area contributed by atoms with E-state index in [1.54, 1.807) is 12.1 Å². The number of hydrogen-bond donors (Lipinski definition) is 1. The Kier molecular flexibility index (Phi) is 6.80. The van der Waals surface area contributed by atoms with Gasteiger partial charge in [-0.3, -0.25) is 4.79 Å². The van der Waals surface area contributed by atoms with Gasteiger partial charge in [-0.2, -0.15) is 0 Å². The van der Waals surface area contributed by atoms with Crippen molar-refractivity contribution in [2.24, 2.45) is 0 Å². The van der Waals surface area contributed by atoms with Gasteiger partial charge in [0.2, 0.25) is 12.2 Å². The molecule has 4 rings (SSSR count). The molecule has 0 saturated heterocycles. The molecular weight excluding hydrogens is 425 g/mol. The summed E-state index contributed by atoms with van der Waals surface area (Å²) < 4.78 is 31.3. The second kappa shape index (κ2) is 10.1. The van der Waals surface area contributed by atoms with Gasteiger partial charge in [0, 0.05) is 23.6 Å². The fraction of sp³-hybridized carbons (Fsp3) is 0.154. The zero-order chi connectivity index (χ0) is 23.2. The number of fused-ring (bicyclic) bond motifs is 1. The molecule has 1 aliphatic heterocycles. The third-order valence-electron chi connectivity index (χ3n) is 4.89. The fourth-order valence-electron chi connectivity index (χ4n) is 3.43. The maximum absolute atomic E-state index is 14.2. The molecule has 0 radical (unpaired) electrons. The molecule has 1 heterocycles. The smallest absolute Gasteiger partial charge is 0.355 e. The molecule has 7 heteroatoms. The van der Waals surface area contributed by atoms with Gasteiger partial charge in [-0.1, -0.05) is 60.7 Å². The molecule has 1 N–H and O–H groups in total. The number of ether oxygens (including phenoxy) is 3. The van der Waals surface area contributed by atoms with E-state index in [0.29, 0.717) is 22.4 Å². The third-order valence-corrected chi connectivity index (χ3v) is 4.89. The van der Waals surface area contributed by atoms with E-state index in [-0.39, 0.29) is 18.9 Å². The summed E-state index contributed by atoms with van der Waals surface area (Å²) >= 11 is 0. The number of carbonyl (C=O) groups excluding carboxylic acids is 2. The maximum Gasteiger partial charge on any atom is 0.355 e. The Morgan fingerprint density at radius 1 is 1.09 bits per heavy atom. The van der Waals surface area contributed by atoms with Crippen molar-refractivity contribution < 1.29 is 28.2 Å². The first-order chi connectivity index (χ1) is 16.0. The highest BCUT2D eigenvalue weighted by molar-refractivity contribution is 5.97. The molecule has 1 atom stereocenters. The lowest BCUT2D eigenvalue weighted by Crippen LogP contribution is -2.26. The van der Waals surface area contributed by atoms with Crippen molar-refractivity contribution in [2.75, 3.05) is 0 Å². The number of halogens is 1. The summed E-state index contributed by atoms with van der Waals surface area (Å²) in [6.07, 6.45) is 0.854. The lowest BCUT2D eigenvalue weighted by Gasteiger charge is -2.28. The standard InChI is InChI=1S/C26H22FNO5/c1-17(29)28-23(12-18-8-4-2-5-9-18)25(30)31-15-20-13-22(27)14-21-16-32-26(33-24(20)21)19-10-6-3-7-11-19/h2-14,26H,15-16H2,1H3,(H,28,29)/b23-12-. The summed E-state index contributed by atoms with van der Waals surface area (Å²) in [6, 6.07) is 21.0. The lowest BCUT2D eigenvalue weighted by atomic mass is 10.1. The van der Waals surface area contributed by atoms with Crippen LogP contribution in [-0.4, -0.2) is 11.9 Å². The van der Waals surface area contributed by atoms with Crippen LogP contribution in [0, 0.1) is 5.82 Å². The molecule has 6 nitrogen and oxygen atoms in total. The van der Waals surface area contributed by atoms with Crippen molar-refractivity contribution in [3.8, 4) is 5.75 Å². The number of esters is 1. The normalized spacial score (nSPS) is 15.2. The quantitative estimate of drug-likeness (QED) is 0.440. The minimum absolute atomic E-state index is 0.0228. The van der Waals surface area contributed by atoms with Crippen molar-refractivity contribution in [3.63, 3.8) is 0 Å². The predicted molar refractivity (Wildman–Crippen MR) is 119 cm³/mol. The molecular formula is C26H22FNO5. The fourth-order valence-corrected chi connectivity index (χ4v) is 3.43. The first-order valence-corrected chi connectivity index (χ1v) is 10.4. The Bertz CT molecular complexity index is 1180. The molecule has 3 aromatic rings. The molecule has 1 amide bonds. The van der Waals surface area contributed by atoms with Crippen LogP contribution in [0.1, 0.15) is 35.5 Å². The average Bonchev–Trinajstić information content (AvgIpc) is 2.82. The molecule has 1 unspecified atom stereocenters. The van der Waals surface area contributed by atoms with Gasteiger partial charge in [0.1, 0.15) is 23.9 Å². The minimum Gasteiger partial charge on any atom is -0.460 e. The minimum atomic E-state index is -0.751. The Balaban J connectivity index is 1.54. The van der Waals surface area contributed by atoms with Crippen LogP contribution in [-0.2, 0) is 32.3 Å². The first kappa shape index (κ1) is 22.2. The van der Waals surface area contributed by atoms with Crippen LogP contribution >= 0.6 is 0 Å². The largest absolute Gasteiger partial charge is 0.460 e. The molecule has 0 aliphatic carbocycles. The average molecular weight is 447 g/mol. The highest BCUT2D eigenvalue weighted by atomic mass is 19.1. The third kappa shape index (κ3) is 5.64. The molecule has 0 aromatic heterocycles. The Labute approximate surface area is 190 Å². The van der Waals surface area contributed by atoms with Crippen molar-refractivity contribution in [1.29, 1.82) is 0 Å². The van der Waals surface area contributed by atoms with E-state index in [1.165, 1.54) is 25.1 Å². The van der Waals surface area contributed by atoms with E-state index in [9.17, 15) is 14.0 Å². The molecule has 33 heavy (non-hydrogen) atoms. The molecule has 168 valence electrons. The second-order valence-corrected chi connectivity index (χ2v) is 7.45. The van der Waals surface area contributed by atoms with Gasteiger partial charge in [0.15, 0.2) is 0 Å². The van der Waals surface area contributed by atoms with E-state index < -0.39 is 24.0 Å². The van der Waals surface area contributed by atoms with Crippen LogP contribution in [0.5, 0.6) is 5.75 Å². The maximum atomic E-state index is 14.2. The Hall–Kier alpha value is -3.97. The van der Waals surface area contributed by atoms with Crippen molar-refractivity contribution in [2.45, 2.75) is 26.4 Å². The topological polar surface area (TPSA) is 73.9 Å². The van der Waals surface area contributed by atoms with E-state index in [1.807, 2.05) is 48.5 Å². The monoisotopic (exact) mass is 447 g/mol. The number of amides is 1. The van der Waals surface area contributed by atoms with Crippen molar-refractivity contribution in [3.05, 3.63) is 107 Å².